The molecule has 1 fully saturated rings. The lowest BCUT2D eigenvalue weighted by atomic mass is 10.0. The van der Waals surface area contributed by atoms with Gasteiger partial charge in [0.1, 0.15) is 6.10 Å². The van der Waals surface area contributed by atoms with Gasteiger partial charge >= 0.3 is 0 Å². The largest absolute Gasteiger partial charge is 0.340 e. The van der Waals surface area contributed by atoms with Crippen molar-refractivity contribution in [2.45, 2.75) is 25.5 Å². The summed E-state index contributed by atoms with van der Waals surface area (Å²) in [6.07, 6.45) is 4.89. The van der Waals surface area contributed by atoms with E-state index in [1.54, 1.807) is 12.5 Å². The van der Waals surface area contributed by atoms with Crippen molar-refractivity contribution in [1.82, 2.24) is 9.55 Å². The Labute approximate surface area is 122 Å². The van der Waals surface area contributed by atoms with Gasteiger partial charge < -0.3 is 14.0 Å². The van der Waals surface area contributed by atoms with Crippen LogP contribution in [0.3, 0.4) is 0 Å². The van der Waals surface area contributed by atoms with Crippen LogP contribution in [0.25, 0.3) is 10.8 Å². The van der Waals surface area contributed by atoms with E-state index >= 15 is 0 Å². The van der Waals surface area contributed by atoms with Gasteiger partial charge in [0.15, 0.2) is 12.5 Å². The molecule has 0 bridgehead atoms. The number of imidazole rings is 1. The van der Waals surface area contributed by atoms with Gasteiger partial charge in [-0.2, -0.15) is 0 Å². The van der Waals surface area contributed by atoms with Crippen LogP contribution in [0.5, 0.6) is 0 Å². The van der Waals surface area contributed by atoms with E-state index in [2.05, 4.69) is 35.3 Å². The van der Waals surface area contributed by atoms with Crippen molar-refractivity contribution in [2.24, 2.45) is 0 Å². The first kappa shape index (κ1) is 12.6. The van der Waals surface area contributed by atoms with E-state index in [1.807, 2.05) is 29.8 Å². The molecule has 0 spiro atoms. The Morgan fingerprint density at radius 1 is 1.05 bits per heavy atom. The normalized spacial score (nSPS) is 25.5. The summed E-state index contributed by atoms with van der Waals surface area (Å²) in [4.78, 5) is 4.10. The molecular formula is C17H16N2O2. The molecule has 0 N–H and O–H groups in total. The third kappa shape index (κ3) is 2.22. The van der Waals surface area contributed by atoms with E-state index in [9.17, 15) is 0 Å². The summed E-state index contributed by atoms with van der Waals surface area (Å²) in [5.41, 5.74) is 1.12. The van der Waals surface area contributed by atoms with Crippen LogP contribution in [0.4, 0.5) is 0 Å². The van der Waals surface area contributed by atoms with Crippen LogP contribution < -0.4 is 0 Å². The molecule has 0 saturated carbocycles. The lowest BCUT2D eigenvalue weighted by Gasteiger charge is -2.18. The molecule has 4 nitrogen and oxygen atoms in total. The van der Waals surface area contributed by atoms with Gasteiger partial charge in [-0.3, -0.25) is 0 Å². The van der Waals surface area contributed by atoms with Crippen molar-refractivity contribution in [3.63, 3.8) is 0 Å². The Hall–Kier alpha value is -2.17. The fourth-order valence-electron chi connectivity index (χ4n) is 2.85. The summed E-state index contributed by atoms with van der Waals surface area (Å²) in [5.74, 6) is 0. The maximum absolute atomic E-state index is 5.96. The highest BCUT2D eigenvalue weighted by Crippen LogP contribution is 2.39. The van der Waals surface area contributed by atoms with Crippen molar-refractivity contribution >= 4 is 10.8 Å². The Kier molecular flexibility index (Phi) is 2.98. The van der Waals surface area contributed by atoms with E-state index in [0.29, 0.717) is 0 Å². The van der Waals surface area contributed by atoms with Crippen molar-refractivity contribution < 1.29 is 9.47 Å². The molecule has 3 aromatic rings. The zero-order chi connectivity index (χ0) is 14.2. The molecule has 4 heteroatoms. The van der Waals surface area contributed by atoms with E-state index in [-0.39, 0.29) is 18.6 Å². The molecule has 1 aliphatic heterocycles. The summed E-state index contributed by atoms with van der Waals surface area (Å²) in [7, 11) is 0. The fraction of sp³-hybridized carbons (Fsp3) is 0.235. The minimum absolute atomic E-state index is 0.126. The van der Waals surface area contributed by atoms with Crippen LogP contribution in [-0.4, -0.2) is 15.8 Å². The molecule has 0 aliphatic carbocycles. The third-order valence-electron chi connectivity index (χ3n) is 3.85. The van der Waals surface area contributed by atoms with Gasteiger partial charge in [-0.1, -0.05) is 36.4 Å². The molecule has 1 saturated heterocycles. The zero-order valence-corrected chi connectivity index (χ0v) is 11.7. The number of benzene rings is 2. The Morgan fingerprint density at radius 2 is 1.90 bits per heavy atom. The predicted molar refractivity (Wildman–Crippen MR) is 79.6 cm³/mol. The van der Waals surface area contributed by atoms with Gasteiger partial charge in [0.25, 0.3) is 0 Å². The van der Waals surface area contributed by atoms with Gasteiger partial charge in [0.05, 0.1) is 6.33 Å². The summed E-state index contributed by atoms with van der Waals surface area (Å²) in [6, 6.07) is 14.7. The number of hydrogen-bond donors (Lipinski definition) is 0. The monoisotopic (exact) mass is 280 g/mol. The highest BCUT2D eigenvalue weighted by Gasteiger charge is 2.36. The Morgan fingerprint density at radius 3 is 2.71 bits per heavy atom. The van der Waals surface area contributed by atoms with Gasteiger partial charge in [-0.25, -0.2) is 4.98 Å². The second kappa shape index (κ2) is 4.98. The minimum atomic E-state index is -0.228. The first-order valence-electron chi connectivity index (χ1n) is 7.08. The van der Waals surface area contributed by atoms with Crippen LogP contribution in [0.2, 0.25) is 0 Å². The highest BCUT2D eigenvalue weighted by molar-refractivity contribution is 5.83. The molecule has 1 aliphatic rings. The van der Waals surface area contributed by atoms with E-state index < -0.39 is 0 Å². The summed E-state index contributed by atoms with van der Waals surface area (Å²) >= 11 is 0. The Balaban J connectivity index is 1.75. The quantitative estimate of drug-likeness (QED) is 0.718. The lowest BCUT2D eigenvalue weighted by molar-refractivity contribution is -0.0608. The average molecular weight is 280 g/mol. The van der Waals surface area contributed by atoms with Crippen LogP contribution in [0.15, 0.2) is 61.2 Å². The van der Waals surface area contributed by atoms with Crippen molar-refractivity contribution in [1.29, 1.82) is 0 Å². The molecule has 0 radical (unpaired) electrons. The molecule has 21 heavy (non-hydrogen) atoms. The molecule has 4 rings (SSSR count). The molecule has 3 unspecified atom stereocenters. The van der Waals surface area contributed by atoms with E-state index in [4.69, 9.17) is 9.47 Å². The molecule has 106 valence electrons. The van der Waals surface area contributed by atoms with Crippen LogP contribution in [0, 0.1) is 0 Å². The highest BCUT2D eigenvalue weighted by atomic mass is 16.7. The fourth-order valence-corrected chi connectivity index (χ4v) is 2.85. The van der Waals surface area contributed by atoms with Crippen LogP contribution in [0.1, 0.15) is 24.8 Å². The number of hydrogen-bond acceptors (Lipinski definition) is 3. The SMILES string of the molecule is CC1OC(c2ccc3ccccc3c2)C(n2ccnc2)O1. The maximum atomic E-state index is 5.96. The molecule has 2 heterocycles. The predicted octanol–water partition coefficient (Wildman–Crippen LogP) is 3.67. The average Bonchev–Trinajstić information content (AvgIpc) is 3.15. The molecular weight excluding hydrogens is 264 g/mol. The molecule has 3 atom stereocenters. The second-order valence-corrected chi connectivity index (χ2v) is 5.27. The number of rotatable bonds is 2. The van der Waals surface area contributed by atoms with Gasteiger partial charge in [-0.05, 0) is 29.3 Å². The maximum Gasteiger partial charge on any atom is 0.168 e. The number of nitrogens with zero attached hydrogens (tertiary/aromatic N) is 2. The number of ether oxygens (including phenoxy) is 2. The van der Waals surface area contributed by atoms with Gasteiger partial charge in [0.2, 0.25) is 0 Å². The molecule has 2 aromatic carbocycles. The van der Waals surface area contributed by atoms with Gasteiger partial charge in [-0.15, -0.1) is 0 Å². The smallest absolute Gasteiger partial charge is 0.168 e. The molecule has 0 amide bonds. The van der Waals surface area contributed by atoms with Crippen LogP contribution in [-0.2, 0) is 9.47 Å². The Bertz CT molecular complexity index is 754. The second-order valence-electron chi connectivity index (χ2n) is 5.27. The standard InChI is InChI=1S/C17H16N2O2/c1-12-20-16(17(21-12)19-9-8-18-11-19)15-7-6-13-4-2-3-5-14(13)10-15/h2-12,16-17H,1H3. The summed E-state index contributed by atoms with van der Waals surface area (Å²) < 4.78 is 13.8. The topological polar surface area (TPSA) is 36.3 Å². The van der Waals surface area contributed by atoms with Crippen molar-refractivity contribution in [2.75, 3.05) is 0 Å². The summed E-state index contributed by atoms with van der Waals surface area (Å²) in [6.45, 7) is 1.92. The molecule has 1 aromatic heterocycles. The van der Waals surface area contributed by atoms with Crippen molar-refractivity contribution in [3.8, 4) is 0 Å². The summed E-state index contributed by atoms with van der Waals surface area (Å²) in [5, 5.41) is 2.44. The minimum Gasteiger partial charge on any atom is -0.340 e. The number of aromatic nitrogens is 2. The zero-order valence-electron chi connectivity index (χ0n) is 11.7. The van der Waals surface area contributed by atoms with E-state index in [0.717, 1.165) is 5.56 Å². The van der Waals surface area contributed by atoms with Gasteiger partial charge in [0, 0.05) is 12.4 Å². The third-order valence-corrected chi connectivity index (χ3v) is 3.85. The first-order valence-corrected chi connectivity index (χ1v) is 7.08. The number of fused-ring (bicyclic) bond motifs is 1. The van der Waals surface area contributed by atoms with Crippen LogP contribution >= 0.6 is 0 Å². The lowest BCUT2D eigenvalue weighted by Crippen LogP contribution is -2.13. The first-order chi connectivity index (χ1) is 10.3. The van der Waals surface area contributed by atoms with E-state index in [1.165, 1.54) is 10.8 Å². The van der Waals surface area contributed by atoms with Crippen molar-refractivity contribution in [3.05, 3.63) is 66.7 Å².